The highest BCUT2D eigenvalue weighted by atomic mass is 16.5. The molecule has 1 aromatic carbocycles. The van der Waals surface area contributed by atoms with Crippen LogP contribution in [0.25, 0.3) is 0 Å². The van der Waals surface area contributed by atoms with Crippen molar-refractivity contribution in [2.24, 2.45) is 0 Å². The van der Waals surface area contributed by atoms with E-state index in [-0.39, 0.29) is 17.8 Å². The molecule has 0 radical (unpaired) electrons. The lowest BCUT2D eigenvalue weighted by Crippen LogP contribution is -2.51. The van der Waals surface area contributed by atoms with Crippen molar-refractivity contribution in [3.05, 3.63) is 35.9 Å². The van der Waals surface area contributed by atoms with Gasteiger partial charge in [-0.25, -0.2) is 4.79 Å². The largest absolute Gasteiger partial charge is 0.464 e. The van der Waals surface area contributed by atoms with Crippen LogP contribution >= 0.6 is 0 Å². The minimum absolute atomic E-state index is 0.0404. The molecule has 0 N–H and O–H groups in total. The first-order valence-corrected chi connectivity index (χ1v) is 10.4. The van der Waals surface area contributed by atoms with Crippen molar-refractivity contribution in [1.82, 2.24) is 9.80 Å². The van der Waals surface area contributed by atoms with Gasteiger partial charge in [-0.15, -0.1) is 0 Å². The Morgan fingerprint density at radius 3 is 2.39 bits per heavy atom. The van der Waals surface area contributed by atoms with Gasteiger partial charge in [0, 0.05) is 19.5 Å². The molecule has 2 fully saturated rings. The molecule has 0 aromatic heterocycles. The second-order valence-corrected chi connectivity index (χ2v) is 7.53. The van der Waals surface area contributed by atoms with E-state index in [4.69, 9.17) is 4.74 Å². The molecule has 0 saturated carbocycles. The highest BCUT2D eigenvalue weighted by molar-refractivity contribution is 5.91. The van der Waals surface area contributed by atoms with Gasteiger partial charge in [0.15, 0.2) is 0 Å². The molecule has 0 aliphatic carbocycles. The normalized spacial score (nSPS) is 21.8. The van der Waals surface area contributed by atoms with E-state index in [0.29, 0.717) is 39.0 Å². The van der Waals surface area contributed by atoms with Crippen LogP contribution in [-0.2, 0) is 25.5 Å². The van der Waals surface area contributed by atoms with Crippen molar-refractivity contribution in [3.63, 3.8) is 0 Å². The summed E-state index contributed by atoms with van der Waals surface area (Å²) in [5.74, 6) is -0.379. The molecule has 0 unspecified atom stereocenters. The Morgan fingerprint density at radius 1 is 1.00 bits per heavy atom. The molecular formula is C22H30N2O4. The molecule has 6 nitrogen and oxygen atoms in total. The zero-order valence-corrected chi connectivity index (χ0v) is 16.6. The summed E-state index contributed by atoms with van der Waals surface area (Å²) < 4.78 is 5.12. The molecule has 2 aliphatic heterocycles. The number of carbonyl (C=O) groups excluding carboxylic acids is 3. The average molecular weight is 386 g/mol. The zero-order chi connectivity index (χ0) is 19.9. The molecule has 2 heterocycles. The molecule has 2 amide bonds. The third kappa shape index (κ3) is 4.72. The van der Waals surface area contributed by atoms with Gasteiger partial charge >= 0.3 is 5.97 Å². The molecule has 6 heteroatoms. The third-order valence-electron chi connectivity index (χ3n) is 5.65. The fourth-order valence-electron chi connectivity index (χ4n) is 4.26. The number of hydrogen-bond acceptors (Lipinski definition) is 4. The maximum absolute atomic E-state index is 13.1. The molecule has 2 atom stereocenters. The summed E-state index contributed by atoms with van der Waals surface area (Å²) in [6.07, 6.45) is 5.02. The molecule has 0 bridgehead atoms. The maximum Gasteiger partial charge on any atom is 0.328 e. The van der Waals surface area contributed by atoms with E-state index in [1.807, 2.05) is 18.2 Å². The zero-order valence-electron chi connectivity index (χ0n) is 16.6. The number of likely N-dealkylation sites (tertiary alicyclic amines) is 2. The summed E-state index contributed by atoms with van der Waals surface area (Å²) >= 11 is 0. The summed E-state index contributed by atoms with van der Waals surface area (Å²) in [5, 5.41) is 0. The second kappa shape index (κ2) is 9.71. The van der Waals surface area contributed by atoms with Gasteiger partial charge < -0.3 is 14.5 Å². The molecule has 0 spiro atoms. The van der Waals surface area contributed by atoms with Gasteiger partial charge in [-0.2, -0.15) is 0 Å². The molecule has 2 aliphatic rings. The number of ether oxygens (including phenoxy) is 1. The first kappa shape index (κ1) is 20.4. The van der Waals surface area contributed by atoms with Crippen LogP contribution in [0.4, 0.5) is 0 Å². The minimum atomic E-state index is -0.497. The van der Waals surface area contributed by atoms with E-state index in [0.717, 1.165) is 25.7 Å². The molecular weight excluding hydrogens is 356 g/mol. The minimum Gasteiger partial charge on any atom is -0.464 e. The van der Waals surface area contributed by atoms with Crippen LogP contribution in [0.15, 0.2) is 30.3 Å². The Labute approximate surface area is 166 Å². The first-order chi connectivity index (χ1) is 13.6. The average Bonchev–Trinajstić information content (AvgIpc) is 3.38. The number of carbonyl (C=O) groups is 3. The Balaban J connectivity index is 1.56. The van der Waals surface area contributed by atoms with Gasteiger partial charge in [0.05, 0.1) is 6.61 Å². The summed E-state index contributed by atoms with van der Waals surface area (Å²) in [6.45, 7) is 3.27. The van der Waals surface area contributed by atoms with Crippen LogP contribution in [-0.4, -0.2) is 59.4 Å². The Kier molecular flexibility index (Phi) is 7.06. The van der Waals surface area contributed by atoms with Crippen LogP contribution < -0.4 is 0 Å². The highest BCUT2D eigenvalue weighted by Crippen LogP contribution is 2.26. The summed E-state index contributed by atoms with van der Waals surface area (Å²) in [4.78, 5) is 41.4. The molecule has 152 valence electrons. The monoisotopic (exact) mass is 386 g/mol. The fraction of sp³-hybridized carbons (Fsp3) is 0.591. The quantitative estimate of drug-likeness (QED) is 0.676. The van der Waals surface area contributed by atoms with Crippen LogP contribution in [0.5, 0.6) is 0 Å². The van der Waals surface area contributed by atoms with Crippen molar-refractivity contribution < 1.29 is 19.1 Å². The Bertz CT molecular complexity index is 691. The van der Waals surface area contributed by atoms with Crippen LogP contribution in [0.1, 0.15) is 51.0 Å². The van der Waals surface area contributed by atoms with Crippen molar-refractivity contribution in [3.8, 4) is 0 Å². The standard InChI is InChI=1S/C22H30N2O4/c1-2-28-22(27)19-13-8-16-24(19)21(26)18-12-7-15-23(18)20(25)14-6-11-17-9-4-3-5-10-17/h3-5,9-10,18-19H,2,6-8,11-16H2,1H3/t18-,19-/m0/s1. The summed E-state index contributed by atoms with van der Waals surface area (Å²) in [6, 6.07) is 9.19. The molecule has 2 saturated heterocycles. The van der Waals surface area contributed by atoms with Crippen LogP contribution in [0.2, 0.25) is 0 Å². The smallest absolute Gasteiger partial charge is 0.328 e. The van der Waals surface area contributed by atoms with Gasteiger partial charge in [-0.1, -0.05) is 30.3 Å². The fourth-order valence-corrected chi connectivity index (χ4v) is 4.26. The Hall–Kier alpha value is -2.37. The molecule has 28 heavy (non-hydrogen) atoms. The van der Waals surface area contributed by atoms with Gasteiger partial charge in [-0.3, -0.25) is 9.59 Å². The summed E-state index contributed by atoms with van der Waals surface area (Å²) in [7, 11) is 0. The number of benzene rings is 1. The number of nitrogens with zero attached hydrogens (tertiary/aromatic N) is 2. The van der Waals surface area contributed by atoms with Crippen molar-refractivity contribution >= 4 is 17.8 Å². The van der Waals surface area contributed by atoms with Gasteiger partial charge in [-0.05, 0) is 51.0 Å². The number of esters is 1. The maximum atomic E-state index is 13.1. The van der Waals surface area contributed by atoms with E-state index in [9.17, 15) is 14.4 Å². The van der Waals surface area contributed by atoms with Crippen LogP contribution in [0, 0.1) is 0 Å². The predicted octanol–water partition coefficient (Wildman–Crippen LogP) is 2.55. The lowest BCUT2D eigenvalue weighted by atomic mass is 10.1. The SMILES string of the molecule is CCOC(=O)[C@@H]1CCCN1C(=O)[C@@H]1CCCN1C(=O)CCCc1ccccc1. The number of amides is 2. The van der Waals surface area contributed by atoms with E-state index in [1.54, 1.807) is 16.7 Å². The van der Waals surface area contributed by atoms with Gasteiger partial charge in [0.2, 0.25) is 11.8 Å². The summed E-state index contributed by atoms with van der Waals surface area (Å²) in [5.41, 5.74) is 1.22. The third-order valence-corrected chi connectivity index (χ3v) is 5.65. The predicted molar refractivity (Wildman–Crippen MR) is 105 cm³/mol. The van der Waals surface area contributed by atoms with E-state index >= 15 is 0 Å². The molecule has 3 rings (SSSR count). The highest BCUT2D eigenvalue weighted by Gasteiger charge is 2.42. The van der Waals surface area contributed by atoms with Crippen molar-refractivity contribution in [1.29, 1.82) is 0 Å². The van der Waals surface area contributed by atoms with Crippen molar-refractivity contribution in [2.75, 3.05) is 19.7 Å². The topological polar surface area (TPSA) is 66.9 Å². The van der Waals surface area contributed by atoms with Gasteiger partial charge in [0.1, 0.15) is 12.1 Å². The van der Waals surface area contributed by atoms with E-state index in [2.05, 4.69) is 12.1 Å². The van der Waals surface area contributed by atoms with Crippen LogP contribution in [0.3, 0.4) is 0 Å². The lowest BCUT2D eigenvalue weighted by Gasteiger charge is -2.30. The number of hydrogen-bond donors (Lipinski definition) is 0. The number of rotatable bonds is 7. The Morgan fingerprint density at radius 2 is 1.68 bits per heavy atom. The molecule has 1 aromatic rings. The van der Waals surface area contributed by atoms with Crippen molar-refractivity contribution in [2.45, 2.75) is 64.0 Å². The number of aryl methyl sites for hydroxylation is 1. The van der Waals surface area contributed by atoms with Gasteiger partial charge in [0.25, 0.3) is 0 Å². The lowest BCUT2D eigenvalue weighted by molar-refractivity contribution is -0.155. The van der Waals surface area contributed by atoms with E-state index in [1.165, 1.54) is 5.56 Å². The first-order valence-electron chi connectivity index (χ1n) is 10.4. The van der Waals surface area contributed by atoms with E-state index < -0.39 is 12.1 Å². The second-order valence-electron chi connectivity index (χ2n) is 7.53.